The maximum atomic E-state index is 13.1. The number of rotatable bonds is 9. The smallest absolute Gasteiger partial charge is 0.226 e. The van der Waals surface area contributed by atoms with E-state index in [4.69, 9.17) is 17.0 Å². The second kappa shape index (κ2) is 10.5. The summed E-state index contributed by atoms with van der Waals surface area (Å²) in [7, 11) is 1.68. The van der Waals surface area contributed by atoms with Gasteiger partial charge in [-0.15, -0.1) is 0 Å². The molecule has 9 heteroatoms. The normalized spacial score (nSPS) is 17.8. The average molecular weight is 468 g/mol. The van der Waals surface area contributed by atoms with Crippen LogP contribution >= 0.6 is 12.2 Å². The third-order valence-electron chi connectivity index (χ3n) is 5.61. The number of carbonyl (C=O) groups excluding carboxylic acids is 1. The number of ether oxygens (including phenoxy) is 1. The number of anilines is 1. The summed E-state index contributed by atoms with van der Waals surface area (Å²) in [5.74, 6) is -0.513. The van der Waals surface area contributed by atoms with Gasteiger partial charge in [0.2, 0.25) is 5.91 Å². The van der Waals surface area contributed by atoms with Crippen LogP contribution in [0.5, 0.6) is 0 Å². The molecule has 1 saturated heterocycles. The Morgan fingerprint density at radius 1 is 1.18 bits per heavy atom. The van der Waals surface area contributed by atoms with E-state index < -0.39 is 0 Å². The number of thiocarbonyl (C=S) groups is 1. The minimum Gasteiger partial charge on any atom is -0.383 e. The molecular formula is C24H26FN5O2S. The summed E-state index contributed by atoms with van der Waals surface area (Å²) in [4.78, 5) is 19.2. The van der Waals surface area contributed by atoms with Crippen molar-refractivity contribution in [2.45, 2.75) is 25.0 Å². The molecule has 7 nitrogen and oxygen atoms in total. The highest BCUT2D eigenvalue weighted by molar-refractivity contribution is 7.80. The summed E-state index contributed by atoms with van der Waals surface area (Å²) in [6.45, 7) is 1.71. The number of methoxy groups -OCH3 is 1. The topological polar surface area (TPSA) is 71.4 Å². The van der Waals surface area contributed by atoms with Gasteiger partial charge in [-0.3, -0.25) is 9.78 Å². The third-order valence-corrected chi connectivity index (χ3v) is 5.96. The van der Waals surface area contributed by atoms with Crippen LogP contribution in [-0.2, 0) is 16.1 Å². The molecule has 0 saturated carbocycles. The van der Waals surface area contributed by atoms with Crippen molar-refractivity contribution in [3.8, 4) is 0 Å². The standard InChI is InChI=1S/C24H26FN5O2S/c1-32-16-15-29-13-4-6-20(29)23-22(19-5-2-3-12-26-19)28-24(33)30(23)14-11-21(31)27-18-9-7-17(25)8-10-18/h2-10,12-13,22-23H,11,14-16H2,1H3,(H,27,31)(H,28,33)/t22-,23-/m1/s1. The Bertz CT molecular complexity index is 1090. The highest BCUT2D eigenvalue weighted by atomic mass is 32.1. The van der Waals surface area contributed by atoms with Crippen LogP contribution in [0.4, 0.5) is 10.1 Å². The molecule has 33 heavy (non-hydrogen) atoms. The molecule has 0 aliphatic carbocycles. The van der Waals surface area contributed by atoms with Crippen molar-refractivity contribution in [1.82, 2.24) is 19.8 Å². The van der Waals surface area contributed by atoms with Gasteiger partial charge in [0.1, 0.15) is 5.82 Å². The van der Waals surface area contributed by atoms with E-state index in [2.05, 4.69) is 26.3 Å². The van der Waals surface area contributed by atoms with Crippen molar-refractivity contribution >= 4 is 28.9 Å². The number of aromatic nitrogens is 2. The van der Waals surface area contributed by atoms with Gasteiger partial charge >= 0.3 is 0 Å². The molecule has 0 bridgehead atoms. The number of nitrogens with one attached hydrogen (secondary N) is 2. The summed E-state index contributed by atoms with van der Waals surface area (Å²) in [6.07, 6.45) is 4.01. The number of pyridine rings is 1. The van der Waals surface area contributed by atoms with E-state index in [-0.39, 0.29) is 30.2 Å². The summed E-state index contributed by atoms with van der Waals surface area (Å²) < 4.78 is 20.5. The second-order valence-corrected chi connectivity index (χ2v) is 8.13. The number of benzene rings is 1. The molecule has 2 aromatic heterocycles. The van der Waals surface area contributed by atoms with Crippen LogP contribution in [0.15, 0.2) is 67.0 Å². The minimum atomic E-state index is -0.346. The Hall–Kier alpha value is -3.30. The molecule has 1 amide bonds. The fraction of sp³-hybridized carbons (Fsp3) is 0.292. The zero-order valence-electron chi connectivity index (χ0n) is 18.3. The van der Waals surface area contributed by atoms with Gasteiger partial charge in [-0.1, -0.05) is 6.07 Å². The molecule has 1 fully saturated rings. The summed E-state index contributed by atoms with van der Waals surface area (Å²) >= 11 is 5.68. The minimum absolute atomic E-state index is 0.141. The fourth-order valence-electron chi connectivity index (χ4n) is 4.04. The number of halogens is 1. The largest absolute Gasteiger partial charge is 0.383 e. The van der Waals surface area contributed by atoms with Crippen LogP contribution in [-0.4, -0.2) is 45.7 Å². The Labute approximate surface area is 197 Å². The van der Waals surface area contributed by atoms with Gasteiger partial charge in [-0.2, -0.15) is 0 Å². The van der Waals surface area contributed by atoms with Gasteiger partial charge in [0.05, 0.1) is 24.4 Å². The first-order valence-corrected chi connectivity index (χ1v) is 11.1. The van der Waals surface area contributed by atoms with Crippen LogP contribution in [0.2, 0.25) is 0 Å². The molecular weight excluding hydrogens is 441 g/mol. The molecule has 3 aromatic rings. The van der Waals surface area contributed by atoms with E-state index in [0.717, 1.165) is 11.4 Å². The lowest BCUT2D eigenvalue weighted by Crippen LogP contribution is -2.33. The summed E-state index contributed by atoms with van der Waals surface area (Å²) in [5.41, 5.74) is 2.50. The molecule has 2 N–H and O–H groups in total. The number of hydrogen-bond acceptors (Lipinski definition) is 4. The van der Waals surface area contributed by atoms with Crippen molar-refractivity contribution in [3.05, 3.63) is 84.2 Å². The summed E-state index contributed by atoms with van der Waals surface area (Å²) in [6, 6.07) is 15.3. The molecule has 2 atom stereocenters. The average Bonchev–Trinajstić information content (AvgIpc) is 3.42. The lowest BCUT2D eigenvalue weighted by Gasteiger charge is -2.28. The van der Waals surface area contributed by atoms with E-state index in [1.54, 1.807) is 13.3 Å². The monoisotopic (exact) mass is 467 g/mol. The third kappa shape index (κ3) is 5.37. The number of carbonyl (C=O) groups is 1. The van der Waals surface area contributed by atoms with E-state index in [1.165, 1.54) is 24.3 Å². The number of amides is 1. The molecule has 0 radical (unpaired) electrons. The Morgan fingerprint density at radius 3 is 2.73 bits per heavy atom. The van der Waals surface area contributed by atoms with Crippen LogP contribution in [0.25, 0.3) is 0 Å². The molecule has 0 unspecified atom stereocenters. The van der Waals surface area contributed by atoms with Gasteiger partial charge in [0.25, 0.3) is 0 Å². The van der Waals surface area contributed by atoms with Crippen LogP contribution in [0.3, 0.4) is 0 Å². The number of hydrogen-bond donors (Lipinski definition) is 2. The SMILES string of the molecule is COCCn1cccc1[C@@H]1[C@@H](c2ccccn2)NC(=S)N1CCC(=O)Nc1ccc(F)cc1. The lowest BCUT2D eigenvalue weighted by atomic mass is 10.0. The first kappa shape index (κ1) is 22.9. The highest BCUT2D eigenvalue weighted by Gasteiger charge is 2.41. The van der Waals surface area contributed by atoms with Crippen LogP contribution in [0.1, 0.15) is 29.9 Å². The van der Waals surface area contributed by atoms with Crippen molar-refractivity contribution in [2.24, 2.45) is 0 Å². The molecule has 172 valence electrons. The summed E-state index contributed by atoms with van der Waals surface area (Å²) in [5, 5.41) is 6.78. The maximum Gasteiger partial charge on any atom is 0.226 e. The Kier molecular flexibility index (Phi) is 7.31. The molecule has 0 spiro atoms. The maximum absolute atomic E-state index is 13.1. The predicted octanol–water partition coefficient (Wildman–Crippen LogP) is 3.67. The van der Waals surface area contributed by atoms with E-state index in [9.17, 15) is 9.18 Å². The van der Waals surface area contributed by atoms with Crippen LogP contribution in [0, 0.1) is 5.82 Å². The van der Waals surface area contributed by atoms with Gasteiger partial charge < -0.3 is 24.8 Å². The molecule has 3 heterocycles. The van der Waals surface area contributed by atoms with E-state index >= 15 is 0 Å². The van der Waals surface area contributed by atoms with Crippen molar-refractivity contribution in [1.29, 1.82) is 0 Å². The predicted molar refractivity (Wildman–Crippen MR) is 128 cm³/mol. The van der Waals surface area contributed by atoms with Crippen molar-refractivity contribution < 1.29 is 13.9 Å². The fourth-order valence-corrected chi connectivity index (χ4v) is 4.37. The van der Waals surface area contributed by atoms with E-state index in [0.29, 0.717) is 30.5 Å². The van der Waals surface area contributed by atoms with Crippen LogP contribution < -0.4 is 10.6 Å². The zero-order valence-corrected chi connectivity index (χ0v) is 19.1. The van der Waals surface area contributed by atoms with Crippen molar-refractivity contribution in [3.63, 3.8) is 0 Å². The first-order chi connectivity index (χ1) is 16.1. The molecule has 1 aliphatic heterocycles. The Morgan fingerprint density at radius 2 is 2.00 bits per heavy atom. The van der Waals surface area contributed by atoms with Gasteiger partial charge in [-0.05, 0) is 60.7 Å². The second-order valence-electron chi connectivity index (χ2n) is 7.74. The molecule has 1 aromatic carbocycles. The lowest BCUT2D eigenvalue weighted by molar-refractivity contribution is -0.116. The van der Waals surface area contributed by atoms with Gasteiger partial charge in [-0.25, -0.2) is 4.39 Å². The molecule has 1 aliphatic rings. The van der Waals surface area contributed by atoms with Gasteiger partial charge in [0, 0.05) is 50.4 Å². The number of nitrogens with zero attached hydrogens (tertiary/aromatic N) is 3. The van der Waals surface area contributed by atoms with Crippen molar-refractivity contribution in [2.75, 3.05) is 25.6 Å². The molecule has 4 rings (SSSR count). The zero-order chi connectivity index (χ0) is 23.2. The highest BCUT2D eigenvalue weighted by Crippen LogP contribution is 2.38. The first-order valence-electron chi connectivity index (χ1n) is 10.7. The Balaban J connectivity index is 1.54. The van der Waals surface area contributed by atoms with E-state index in [1.807, 2.05) is 35.4 Å². The quantitative estimate of drug-likeness (QED) is 0.468. The van der Waals surface area contributed by atoms with Gasteiger partial charge in [0.15, 0.2) is 5.11 Å².